The Labute approximate surface area is 107 Å². The number of aromatic nitrogens is 1. The summed E-state index contributed by atoms with van der Waals surface area (Å²) in [7, 11) is 1.58. The molecule has 1 aliphatic rings. The normalized spacial score (nSPS) is 19.3. The van der Waals surface area contributed by atoms with Crippen molar-refractivity contribution in [3.05, 3.63) is 23.9 Å². The fraction of sp³-hybridized carbons (Fsp3) is 0.538. The number of pyridine rings is 1. The van der Waals surface area contributed by atoms with E-state index in [1.54, 1.807) is 19.4 Å². The van der Waals surface area contributed by atoms with Crippen molar-refractivity contribution in [3.8, 4) is 5.88 Å². The van der Waals surface area contributed by atoms with Gasteiger partial charge in [-0.3, -0.25) is 4.79 Å². The number of ether oxygens (including phenoxy) is 1. The van der Waals surface area contributed by atoms with E-state index in [2.05, 4.69) is 15.6 Å². The first-order valence-corrected chi connectivity index (χ1v) is 6.27. The highest BCUT2D eigenvalue weighted by molar-refractivity contribution is 5.78. The van der Waals surface area contributed by atoms with Crippen LogP contribution < -0.4 is 15.4 Å². The lowest BCUT2D eigenvalue weighted by Crippen LogP contribution is -2.40. The molecule has 2 heterocycles. The molecule has 5 heteroatoms. The zero-order valence-electron chi connectivity index (χ0n) is 10.6. The van der Waals surface area contributed by atoms with E-state index < -0.39 is 0 Å². The zero-order chi connectivity index (χ0) is 12.8. The Morgan fingerprint density at radius 3 is 3.11 bits per heavy atom. The number of nitrogens with one attached hydrogen (secondary N) is 2. The number of carbonyl (C=O) groups excluding carboxylic acids is 1. The molecule has 1 aromatic heterocycles. The maximum atomic E-state index is 11.9. The lowest BCUT2D eigenvalue weighted by atomic mass is 9.99. The Balaban J connectivity index is 1.80. The molecule has 0 bridgehead atoms. The van der Waals surface area contributed by atoms with E-state index in [1.165, 1.54) is 0 Å². The van der Waals surface area contributed by atoms with E-state index in [4.69, 9.17) is 4.74 Å². The summed E-state index contributed by atoms with van der Waals surface area (Å²) in [6, 6.07) is 3.70. The Hall–Kier alpha value is -1.62. The summed E-state index contributed by atoms with van der Waals surface area (Å²) in [5.74, 6) is 0.810. The van der Waals surface area contributed by atoms with Crippen molar-refractivity contribution in [2.24, 2.45) is 5.92 Å². The summed E-state index contributed by atoms with van der Waals surface area (Å²) >= 11 is 0. The predicted octanol–water partition coefficient (Wildman–Crippen LogP) is 0.706. The second-order valence-electron chi connectivity index (χ2n) is 4.47. The van der Waals surface area contributed by atoms with Gasteiger partial charge in [-0.25, -0.2) is 4.98 Å². The van der Waals surface area contributed by atoms with E-state index in [-0.39, 0.29) is 11.8 Å². The number of hydrogen-bond acceptors (Lipinski definition) is 4. The van der Waals surface area contributed by atoms with Gasteiger partial charge in [-0.1, -0.05) is 6.07 Å². The van der Waals surface area contributed by atoms with Gasteiger partial charge < -0.3 is 15.4 Å². The fourth-order valence-corrected chi connectivity index (χ4v) is 2.05. The lowest BCUT2D eigenvalue weighted by Gasteiger charge is -2.21. The molecule has 0 radical (unpaired) electrons. The van der Waals surface area contributed by atoms with Crippen molar-refractivity contribution in [1.82, 2.24) is 15.6 Å². The number of methoxy groups -OCH3 is 1. The number of piperidine rings is 1. The van der Waals surface area contributed by atoms with Crippen molar-refractivity contribution in [3.63, 3.8) is 0 Å². The van der Waals surface area contributed by atoms with Crippen molar-refractivity contribution in [2.45, 2.75) is 19.4 Å². The van der Waals surface area contributed by atoms with Crippen LogP contribution in [0.2, 0.25) is 0 Å². The number of rotatable bonds is 4. The monoisotopic (exact) mass is 249 g/mol. The molecule has 1 aromatic rings. The van der Waals surface area contributed by atoms with E-state index in [0.29, 0.717) is 12.4 Å². The number of hydrogen-bond donors (Lipinski definition) is 2. The first-order valence-electron chi connectivity index (χ1n) is 6.27. The first-order chi connectivity index (χ1) is 8.79. The molecule has 1 fully saturated rings. The van der Waals surface area contributed by atoms with E-state index in [1.807, 2.05) is 6.07 Å². The van der Waals surface area contributed by atoms with Crippen molar-refractivity contribution in [1.29, 1.82) is 0 Å². The Morgan fingerprint density at radius 1 is 1.61 bits per heavy atom. The number of carbonyl (C=O) groups is 1. The summed E-state index contributed by atoms with van der Waals surface area (Å²) < 4.78 is 4.98. The van der Waals surface area contributed by atoms with Gasteiger partial charge in [0.1, 0.15) is 0 Å². The van der Waals surface area contributed by atoms with Crippen LogP contribution in [-0.4, -0.2) is 31.1 Å². The van der Waals surface area contributed by atoms with Gasteiger partial charge in [-0.15, -0.1) is 0 Å². The molecule has 0 aliphatic carbocycles. The van der Waals surface area contributed by atoms with E-state index >= 15 is 0 Å². The molecule has 0 aromatic carbocycles. The lowest BCUT2D eigenvalue weighted by molar-refractivity contribution is -0.125. The summed E-state index contributed by atoms with van der Waals surface area (Å²) in [4.78, 5) is 16.0. The van der Waals surface area contributed by atoms with Crippen LogP contribution in [0.3, 0.4) is 0 Å². The van der Waals surface area contributed by atoms with Gasteiger partial charge in [0.2, 0.25) is 11.8 Å². The smallest absolute Gasteiger partial charge is 0.224 e. The van der Waals surface area contributed by atoms with Gasteiger partial charge in [-0.05, 0) is 24.9 Å². The molecule has 2 N–H and O–H groups in total. The maximum Gasteiger partial charge on any atom is 0.224 e. The van der Waals surface area contributed by atoms with Crippen LogP contribution in [0.25, 0.3) is 0 Å². The van der Waals surface area contributed by atoms with Gasteiger partial charge in [0.05, 0.1) is 13.0 Å². The Kier molecular flexibility index (Phi) is 4.52. The van der Waals surface area contributed by atoms with Gasteiger partial charge >= 0.3 is 0 Å². The number of amides is 1. The third-order valence-corrected chi connectivity index (χ3v) is 3.14. The topological polar surface area (TPSA) is 63.2 Å². The average molecular weight is 249 g/mol. The summed E-state index contributed by atoms with van der Waals surface area (Å²) in [5.41, 5.74) is 0.980. The zero-order valence-corrected chi connectivity index (χ0v) is 10.6. The maximum absolute atomic E-state index is 11.9. The van der Waals surface area contributed by atoms with Crippen LogP contribution in [-0.2, 0) is 11.3 Å². The van der Waals surface area contributed by atoms with Crippen molar-refractivity contribution < 1.29 is 9.53 Å². The quantitative estimate of drug-likeness (QED) is 0.825. The Bertz CT molecular complexity index is 386. The van der Waals surface area contributed by atoms with Gasteiger partial charge in [0, 0.05) is 25.4 Å². The molecular formula is C13H19N3O2. The van der Waals surface area contributed by atoms with Gasteiger partial charge in [-0.2, -0.15) is 0 Å². The third kappa shape index (κ3) is 3.43. The second-order valence-corrected chi connectivity index (χ2v) is 4.47. The highest BCUT2D eigenvalue weighted by atomic mass is 16.5. The standard InChI is InChI=1S/C13H19N3O2/c1-18-12-5-4-10(7-15-12)8-16-13(17)11-3-2-6-14-9-11/h4-5,7,11,14H,2-3,6,8-9H2,1H3,(H,16,17)/t11-/m1/s1. The molecule has 5 nitrogen and oxygen atoms in total. The molecule has 98 valence electrons. The van der Waals surface area contributed by atoms with Gasteiger partial charge in [0.15, 0.2) is 0 Å². The molecule has 0 spiro atoms. The molecule has 1 amide bonds. The highest BCUT2D eigenvalue weighted by Crippen LogP contribution is 2.10. The molecule has 2 rings (SSSR count). The molecule has 1 saturated heterocycles. The van der Waals surface area contributed by atoms with E-state index in [9.17, 15) is 4.79 Å². The van der Waals surface area contributed by atoms with Gasteiger partial charge in [0.25, 0.3) is 0 Å². The molecular weight excluding hydrogens is 230 g/mol. The largest absolute Gasteiger partial charge is 0.481 e. The minimum Gasteiger partial charge on any atom is -0.481 e. The summed E-state index contributed by atoms with van der Waals surface area (Å²) in [6.07, 6.45) is 3.76. The van der Waals surface area contributed by atoms with Crippen LogP contribution in [0, 0.1) is 5.92 Å². The number of nitrogens with zero attached hydrogens (tertiary/aromatic N) is 1. The fourth-order valence-electron chi connectivity index (χ4n) is 2.05. The summed E-state index contributed by atoms with van der Waals surface area (Å²) in [6.45, 7) is 2.32. The highest BCUT2D eigenvalue weighted by Gasteiger charge is 2.20. The molecule has 0 unspecified atom stereocenters. The van der Waals surface area contributed by atoms with E-state index in [0.717, 1.165) is 31.5 Å². The third-order valence-electron chi connectivity index (χ3n) is 3.14. The van der Waals surface area contributed by atoms with Crippen LogP contribution in [0.4, 0.5) is 0 Å². The second kappa shape index (κ2) is 6.35. The minimum absolute atomic E-state index is 0.102. The average Bonchev–Trinajstić information content (AvgIpc) is 2.46. The van der Waals surface area contributed by atoms with Crippen LogP contribution in [0.15, 0.2) is 18.3 Å². The SMILES string of the molecule is COc1ccc(CNC(=O)[C@@H]2CCCNC2)cn1. The molecule has 1 atom stereocenters. The van der Waals surface area contributed by atoms with Crippen molar-refractivity contribution in [2.75, 3.05) is 20.2 Å². The van der Waals surface area contributed by atoms with Crippen LogP contribution >= 0.6 is 0 Å². The van der Waals surface area contributed by atoms with Crippen LogP contribution in [0.5, 0.6) is 5.88 Å². The molecule has 0 saturated carbocycles. The van der Waals surface area contributed by atoms with Crippen LogP contribution in [0.1, 0.15) is 18.4 Å². The Morgan fingerprint density at radius 2 is 2.50 bits per heavy atom. The molecule has 1 aliphatic heterocycles. The first kappa shape index (κ1) is 12.8. The minimum atomic E-state index is 0.102. The summed E-state index contributed by atoms with van der Waals surface area (Å²) in [5, 5.41) is 6.19. The van der Waals surface area contributed by atoms with Crippen molar-refractivity contribution >= 4 is 5.91 Å². The molecule has 18 heavy (non-hydrogen) atoms. The predicted molar refractivity (Wildman–Crippen MR) is 68.2 cm³/mol.